The molecule has 0 N–H and O–H groups in total. The Kier molecular flexibility index (Phi) is 4.77. The number of hydrogen-bond donors (Lipinski definition) is 0. The van der Waals surface area contributed by atoms with E-state index in [1.54, 1.807) is 16.7 Å². The molecule has 2 nitrogen and oxygen atoms in total. The van der Waals surface area contributed by atoms with Crippen molar-refractivity contribution < 1.29 is 0 Å². The van der Waals surface area contributed by atoms with Gasteiger partial charge in [0.15, 0.2) is 0 Å². The lowest BCUT2D eigenvalue weighted by molar-refractivity contribution is 0.746. The van der Waals surface area contributed by atoms with Crippen molar-refractivity contribution in [2.45, 2.75) is 33.7 Å². The predicted molar refractivity (Wildman–Crippen MR) is 68.5 cm³/mol. The predicted octanol–water partition coefficient (Wildman–Crippen LogP) is 3.15. The Morgan fingerprint density at radius 1 is 1.25 bits per heavy atom. The van der Waals surface area contributed by atoms with Gasteiger partial charge in [0.05, 0.1) is 0 Å². The molecular formula is C14H19NO. The van der Waals surface area contributed by atoms with Gasteiger partial charge >= 0.3 is 0 Å². The van der Waals surface area contributed by atoms with Crippen molar-refractivity contribution in [1.29, 1.82) is 0 Å². The van der Waals surface area contributed by atoms with Gasteiger partial charge in [0.2, 0.25) is 0 Å². The van der Waals surface area contributed by atoms with E-state index in [-0.39, 0.29) is 5.56 Å². The van der Waals surface area contributed by atoms with Crippen LogP contribution in [0.1, 0.15) is 27.2 Å². The summed E-state index contributed by atoms with van der Waals surface area (Å²) in [6.07, 6.45) is 7.08. The van der Waals surface area contributed by atoms with E-state index in [0.717, 1.165) is 6.42 Å². The first-order chi connectivity index (χ1) is 7.63. The highest BCUT2D eigenvalue weighted by molar-refractivity contribution is 5.15. The molecule has 0 saturated heterocycles. The van der Waals surface area contributed by atoms with Crippen LogP contribution in [-0.4, -0.2) is 4.57 Å². The first-order valence-corrected chi connectivity index (χ1v) is 5.62. The quantitative estimate of drug-likeness (QED) is 0.710. The van der Waals surface area contributed by atoms with Crippen LogP contribution in [0.4, 0.5) is 0 Å². The van der Waals surface area contributed by atoms with Crippen LogP contribution < -0.4 is 5.56 Å². The van der Waals surface area contributed by atoms with Gasteiger partial charge in [-0.15, -0.1) is 0 Å². The van der Waals surface area contributed by atoms with Crippen molar-refractivity contribution in [2.75, 3.05) is 0 Å². The molecule has 1 rings (SSSR count). The second kappa shape index (κ2) is 6.11. The Balaban J connectivity index is 2.76. The zero-order valence-electron chi connectivity index (χ0n) is 10.2. The van der Waals surface area contributed by atoms with E-state index in [1.807, 2.05) is 19.2 Å². The second-order valence-electron chi connectivity index (χ2n) is 4.05. The minimum absolute atomic E-state index is 0.0476. The lowest BCUT2D eigenvalue weighted by atomic mass is 10.2. The van der Waals surface area contributed by atoms with Gasteiger partial charge in [-0.2, -0.15) is 0 Å². The maximum absolute atomic E-state index is 11.5. The zero-order chi connectivity index (χ0) is 12.0. The SMILES string of the molecule is CCC(C)=CC=C(C)Cn1ccccc1=O. The molecule has 0 unspecified atom stereocenters. The lowest BCUT2D eigenvalue weighted by Crippen LogP contribution is -2.18. The van der Waals surface area contributed by atoms with Crippen LogP contribution in [0.2, 0.25) is 0 Å². The number of hydrogen-bond acceptors (Lipinski definition) is 1. The summed E-state index contributed by atoms with van der Waals surface area (Å²) in [6, 6.07) is 5.22. The van der Waals surface area contributed by atoms with Gasteiger partial charge in [0.25, 0.3) is 5.56 Å². The van der Waals surface area contributed by atoms with Crippen molar-refractivity contribution in [3.05, 3.63) is 58.0 Å². The summed E-state index contributed by atoms with van der Waals surface area (Å²) in [5.74, 6) is 0. The molecule has 0 aliphatic heterocycles. The molecule has 0 fully saturated rings. The van der Waals surface area contributed by atoms with Crippen molar-refractivity contribution in [1.82, 2.24) is 4.57 Å². The average molecular weight is 217 g/mol. The van der Waals surface area contributed by atoms with E-state index in [2.05, 4.69) is 26.0 Å². The van der Waals surface area contributed by atoms with Crippen molar-refractivity contribution in [3.63, 3.8) is 0 Å². The number of allylic oxidation sites excluding steroid dienone is 4. The molecule has 0 aromatic carbocycles. The fraction of sp³-hybridized carbons (Fsp3) is 0.357. The van der Waals surface area contributed by atoms with Crippen LogP contribution >= 0.6 is 0 Å². The van der Waals surface area contributed by atoms with E-state index in [4.69, 9.17) is 0 Å². The van der Waals surface area contributed by atoms with Gasteiger partial charge in [-0.1, -0.05) is 36.3 Å². The molecule has 0 aliphatic rings. The molecule has 16 heavy (non-hydrogen) atoms. The van der Waals surface area contributed by atoms with Crippen LogP contribution in [0.5, 0.6) is 0 Å². The minimum Gasteiger partial charge on any atom is -0.311 e. The molecule has 1 heterocycles. The number of aromatic nitrogens is 1. The molecule has 0 atom stereocenters. The smallest absolute Gasteiger partial charge is 0.250 e. The third-order valence-corrected chi connectivity index (χ3v) is 2.53. The maximum atomic E-state index is 11.5. The molecule has 86 valence electrons. The molecule has 0 bridgehead atoms. The van der Waals surface area contributed by atoms with E-state index in [9.17, 15) is 4.79 Å². The van der Waals surface area contributed by atoms with Crippen molar-refractivity contribution >= 4 is 0 Å². The minimum atomic E-state index is 0.0476. The summed E-state index contributed by atoms with van der Waals surface area (Å²) in [7, 11) is 0. The highest BCUT2D eigenvalue weighted by Crippen LogP contribution is 2.02. The van der Waals surface area contributed by atoms with Crippen LogP contribution in [-0.2, 0) is 6.54 Å². The normalized spacial score (nSPS) is 12.9. The molecular weight excluding hydrogens is 198 g/mol. The summed E-state index contributed by atoms with van der Waals surface area (Å²) in [5, 5.41) is 0. The zero-order valence-corrected chi connectivity index (χ0v) is 10.2. The summed E-state index contributed by atoms with van der Waals surface area (Å²) < 4.78 is 1.71. The van der Waals surface area contributed by atoms with Gasteiger partial charge < -0.3 is 4.57 Å². The Morgan fingerprint density at radius 2 is 1.94 bits per heavy atom. The van der Waals surface area contributed by atoms with Crippen LogP contribution in [0.15, 0.2) is 52.5 Å². The van der Waals surface area contributed by atoms with Gasteiger partial charge in [-0.25, -0.2) is 0 Å². The lowest BCUT2D eigenvalue weighted by Gasteiger charge is -2.04. The summed E-state index contributed by atoms with van der Waals surface area (Å²) >= 11 is 0. The first-order valence-electron chi connectivity index (χ1n) is 5.62. The van der Waals surface area contributed by atoms with Crippen molar-refractivity contribution in [2.24, 2.45) is 0 Å². The Morgan fingerprint density at radius 3 is 2.56 bits per heavy atom. The van der Waals surface area contributed by atoms with Gasteiger partial charge in [0.1, 0.15) is 0 Å². The Labute approximate surface area is 96.9 Å². The van der Waals surface area contributed by atoms with Crippen molar-refractivity contribution in [3.8, 4) is 0 Å². The molecule has 1 aromatic heterocycles. The number of nitrogens with zero attached hydrogens (tertiary/aromatic N) is 1. The first kappa shape index (κ1) is 12.5. The van der Waals surface area contributed by atoms with E-state index in [1.165, 1.54) is 11.1 Å². The van der Waals surface area contributed by atoms with Crippen LogP contribution in [0, 0.1) is 0 Å². The third kappa shape index (κ3) is 3.89. The monoisotopic (exact) mass is 217 g/mol. The second-order valence-corrected chi connectivity index (χ2v) is 4.05. The summed E-state index contributed by atoms with van der Waals surface area (Å²) in [5.41, 5.74) is 2.58. The van der Waals surface area contributed by atoms with E-state index >= 15 is 0 Å². The Bertz CT molecular complexity index is 452. The molecule has 0 spiro atoms. The van der Waals surface area contributed by atoms with Crippen LogP contribution in [0.3, 0.4) is 0 Å². The molecule has 0 aliphatic carbocycles. The fourth-order valence-corrected chi connectivity index (χ4v) is 1.32. The highest BCUT2D eigenvalue weighted by Gasteiger charge is 1.94. The molecule has 0 saturated carbocycles. The average Bonchev–Trinajstić information content (AvgIpc) is 2.29. The van der Waals surface area contributed by atoms with Gasteiger partial charge in [0, 0.05) is 18.8 Å². The number of pyridine rings is 1. The molecule has 0 radical (unpaired) electrons. The molecule has 1 aromatic rings. The highest BCUT2D eigenvalue weighted by atomic mass is 16.1. The Hall–Kier alpha value is -1.57. The van der Waals surface area contributed by atoms with Gasteiger partial charge in [-0.3, -0.25) is 4.79 Å². The van der Waals surface area contributed by atoms with Gasteiger partial charge in [-0.05, 0) is 26.3 Å². The summed E-state index contributed by atoms with van der Waals surface area (Å²) in [6.45, 7) is 6.95. The standard InChI is InChI=1S/C14H19NO/c1-4-12(2)8-9-13(3)11-15-10-6-5-7-14(15)16/h5-10H,4,11H2,1-3H3. The molecule has 0 amide bonds. The summed E-state index contributed by atoms with van der Waals surface area (Å²) in [4.78, 5) is 11.5. The topological polar surface area (TPSA) is 22.0 Å². The third-order valence-electron chi connectivity index (χ3n) is 2.53. The number of rotatable bonds is 4. The largest absolute Gasteiger partial charge is 0.311 e. The molecule has 2 heteroatoms. The fourth-order valence-electron chi connectivity index (χ4n) is 1.32. The van der Waals surface area contributed by atoms with E-state index < -0.39 is 0 Å². The van der Waals surface area contributed by atoms with Crippen LogP contribution in [0.25, 0.3) is 0 Å². The van der Waals surface area contributed by atoms with E-state index in [0.29, 0.717) is 6.54 Å². The maximum Gasteiger partial charge on any atom is 0.250 e.